The van der Waals surface area contributed by atoms with Crippen molar-refractivity contribution < 1.29 is 4.74 Å². The summed E-state index contributed by atoms with van der Waals surface area (Å²) in [5.74, 6) is 1.76. The second-order valence-corrected chi connectivity index (χ2v) is 4.29. The van der Waals surface area contributed by atoms with Gasteiger partial charge in [0.1, 0.15) is 5.75 Å². The molecule has 0 bridgehead atoms. The number of aromatic nitrogens is 1. The zero-order valence-electron chi connectivity index (χ0n) is 8.36. The molecule has 0 aliphatic carbocycles. The van der Waals surface area contributed by atoms with Gasteiger partial charge in [0.25, 0.3) is 0 Å². The highest BCUT2D eigenvalue weighted by Gasteiger charge is 2.02. The van der Waals surface area contributed by atoms with Gasteiger partial charge in [-0.3, -0.25) is 0 Å². The lowest BCUT2D eigenvalue weighted by Crippen LogP contribution is -1.89. The zero-order valence-corrected chi connectivity index (χ0v) is 10.7. The Morgan fingerprint density at radius 1 is 1.19 bits per heavy atom. The summed E-state index contributed by atoms with van der Waals surface area (Å²) in [6.07, 6.45) is 1.71. The third-order valence-electron chi connectivity index (χ3n) is 2.00. The lowest BCUT2D eigenvalue weighted by molar-refractivity contribution is 0.460. The first-order valence-electron chi connectivity index (χ1n) is 4.73. The fraction of sp³-hybridized carbons (Fsp3) is 0.0833. The normalized spacial score (nSPS) is 10.1. The predicted octanol–water partition coefficient (Wildman–Crippen LogP) is 4.38. The quantitative estimate of drug-likeness (QED) is 0.785. The molecule has 0 spiro atoms. The molecule has 0 aliphatic heterocycles. The average Bonchev–Trinajstić information content (AvgIpc) is 2.33. The van der Waals surface area contributed by atoms with Crippen LogP contribution in [0, 0.1) is 0 Å². The maximum absolute atomic E-state index is 5.68. The van der Waals surface area contributed by atoms with Crippen LogP contribution in [0.1, 0.15) is 5.56 Å². The Hall–Kier alpha value is -1.06. The minimum Gasteiger partial charge on any atom is -0.438 e. The minimum atomic E-state index is 0.461. The molecule has 0 radical (unpaired) electrons. The molecule has 0 amide bonds. The molecule has 0 saturated carbocycles. The second kappa shape index (κ2) is 5.32. The Bertz CT molecular complexity index is 473. The van der Waals surface area contributed by atoms with Crippen LogP contribution in [-0.2, 0) is 5.88 Å². The highest BCUT2D eigenvalue weighted by molar-refractivity contribution is 9.10. The van der Waals surface area contributed by atoms with Crippen molar-refractivity contribution in [2.24, 2.45) is 0 Å². The number of halogens is 2. The van der Waals surface area contributed by atoms with Gasteiger partial charge in [0.05, 0.1) is 4.47 Å². The third kappa shape index (κ3) is 2.74. The van der Waals surface area contributed by atoms with E-state index in [1.54, 1.807) is 12.3 Å². The zero-order chi connectivity index (χ0) is 11.4. The van der Waals surface area contributed by atoms with Crippen LogP contribution in [0.3, 0.4) is 0 Å². The largest absolute Gasteiger partial charge is 0.438 e. The van der Waals surface area contributed by atoms with E-state index >= 15 is 0 Å². The summed E-state index contributed by atoms with van der Waals surface area (Å²) in [4.78, 5) is 4.16. The summed E-state index contributed by atoms with van der Waals surface area (Å²) in [6, 6.07) is 11.3. The fourth-order valence-electron chi connectivity index (χ4n) is 1.19. The number of ether oxygens (including phenoxy) is 1. The van der Waals surface area contributed by atoms with Gasteiger partial charge in [0, 0.05) is 18.1 Å². The number of hydrogen-bond donors (Lipinski definition) is 0. The van der Waals surface area contributed by atoms with E-state index in [1.165, 1.54) is 0 Å². The molecule has 0 aliphatic rings. The van der Waals surface area contributed by atoms with E-state index < -0.39 is 0 Å². The Morgan fingerprint density at radius 3 is 2.62 bits per heavy atom. The summed E-state index contributed by atoms with van der Waals surface area (Å²) >= 11 is 9.08. The van der Waals surface area contributed by atoms with Crippen molar-refractivity contribution >= 4 is 27.5 Å². The van der Waals surface area contributed by atoms with Gasteiger partial charge < -0.3 is 4.74 Å². The highest BCUT2D eigenvalue weighted by atomic mass is 79.9. The molecule has 2 aromatic rings. The lowest BCUT2D eigenvalue weighted by atomic mass is 10.3. The number of nitrogens with zero attached hydrogens (tertiary/aromatic N) is 1. The molecule has 2 nitrogen and oxygen atoms in total. The molecule has 0 saturated heterocycles. The first-order valence-corrected chi connectivity index (χ1v) is 6.05. The van der Waals surface area contributed by atoms with Gasteiger partial charge in [-0.25, -0.2) is 4.98 Å². The van der Waals surface area contributed by atoms with Gasteiger partial charge >= 0.3 is 0 Å². The summed E-state index contributed by atoms with van der Waals surface area (Å²) in [6.45, 7) is 0. The fourth-order valence-corrected chi connectivity index (χ4v) is 1.71. The maximum atomic E-state index is 5.68. The van der Waals surface area contributed by atoms with Crippen molar-refractivity contribution in [2.75, 3.05) is 0 Å². The van der Waals surface area contributed by atoms with Crippen molar-refractivity contribution in [1.29, 1.82) is 0 Å². The molecule has 0 N–H and O–H groups in total. The summed E-state index contributed by atoms with van der Waals surface area (Å²) in [5, 5.41) is 0. The van der Waals surface area contributed by atoms with Gasteiger partial charge in [0.2, 0.25) is 5.88 Å². The van der Waals surface area contributed by atoms with Crippen molar-refractivity contribution in [2.45, 2.75) is 5.88 Å². The van der Waals surface area contributed by atoms with Gasteiger partial charge in [0.15, 0.2) is 0 Å². The summed E-state index contributed by atoms with van der Waals surface area (Å²) in [7, 11) is 0. The Morgan fingerprint density at radius 2 is 2.00 bits per heavy atom. The smallest absolute Gasteiger partial charge is 0.219 e. The molecule has 1 aromatic heterocycles. The van der Waals surface area contributed by atoms with Crippen molar-refractivity contribution in [3.8, 4) is 11.6 Å². The van der Waals surface area contributed by atoms with Crippen molar-refractivity contribution in [3.63, 3.8) is 0 Å². The predicted molar refractivity (Wildman–Crippen MR) is 68.0 cm³/mol. The number of benzene rings is 1. The molecule has 0 fully saturated rings. The van der Waals surface area contributed by atoms with Crippen molar-refractivity contribution in [1.82, 2.24) is 4.98 Å². The molecule has 16 heavy (non-hydrogen) atoms. The SMILES string of the molecule is ClCc1ccc(Oc2ccccc2Br)nc1. The molecule has 0 unspecified atom stereocenters. The number of rotatable bonds is 3. The van der Waals surface area contributed by atoms with Crippen LogP contribution in [0.25, 0.3) is 0 Å². The molecular weight excluding hydrogens is 289 g/mol. The number of hydrogen-bond acceptors (Lipinski definition) is 2. The second-order valence-electron chi connectivity index (χ2n) is 3.17. The Balaban J connectivity index is 2.18. The lowest BCUT2D eigenvalue weighted by Gasteiger charge is -2.06. The third-order valence-corrected chi connectivity index (χ3v) is 2.97. The molecule has 4 heteroatoms. The number of pyridine rings is 1. The van der Waals surface area contributed by atoms with E-state index in [2.05, 4.69) is 20.9 Å². The maximum Gasteiger partial charge on any atom is 0.219 e. The molecule has 1 aromatic carbocycles. The Labute approximate surface area is 107 Å². The minimum absolute atomic E-state index is 0.461. The molecule has 82 valence electrons. The average molecular weight is 299 g/mol. The highest BCUT2D eigenvalue weighted by Crippen LogP contribution is 2.28. The van der Waals surface area contributed by atoms with E-state index in [4.69, 9.17) is 16.3 Å². The van der Waals surface area contributed by atoms with E-state index in [-0.39, 0.29) is 0 Å². The van der Waals surface area contributed by atoms with Crippen LogP contribution < -0.4 is 4.74 Å². The van der Waals surface area contributed by atoms with E-state index in [1.807, 2.05) is 30.3 Å². The van der Waals surface area contributed by atoms with E-state index in [0.717, 1.165) is 15.8 Å². The van der Waals surface area contributed by atoms with Gasteiger partial charge in [-0.05, 0) is 33.6 Å². The van der Waals surface area contributed by atoms with Crippen LogP contribution in [0.5, 0.6) is 11.6 Å². The van der Waals surface area contributed by atoms with E-state index in [0.29, 0.717) is 11.8 Å². The number of para-hydroxylation sites is 1. The van der Waals surface area contributed by atoms with E-state index in [9.17, 15) is 0 Å². The Kier molecular flexibility index (Phi) is 3.80. The van der Waals surface area contributed by atoms with Crippen LogP contribution in [0.4, 0.5) is 0 Å². The van der Waals surface area contributed by atoms with Gasteiger partial charge in [-0.1, -0.05) is 18.2 Å². The van der Waals surface area contributed by atoms with Gasteiger partial charge in [-0.15, -0.1) is 11.6 Å². The standard InChI is InChI=1S/C12H9BrClNO/c13-10-3-1-2-4-11(10)16-12-6-5-9(7-14)8-15-12/h1-6,8H,7H2. The van der Waals surface area contributed by atoms with Crippen LogP contribution in [0.2, 0.25) is 0 Å². The first-order chi connectivity index (χ1) is 7.79. The molecular formula is C12H9BrClNO. The molecule has 1 heterocycles. The van der Waals surface area contributed by atoms with Crippen LogP contribution in [-0.4, -0.2) is 4.98 Å². The van der Waals surface area contributed by atoms with Gasteiger partial charge in [-0.2, -0.15) is 0 Å². The first kappa shape index (κ1) is 11.4. The molecule has 0 atom stereocenters. The van der Waals surface area contributed by atoms with Crippen LogP contribution in [0.15, 0.2) is 47.1 Å². The summed E-state index contributed by atoms with van der Waals surface area (Å²) < 4.78 is 6.51. The van der Waals surface area contributed by atoms with Crippen LogP contribution >= 0.6 is 27.5 Å². The topological polar surface area (TPSA) is 22.1 Å². The summed E-state index contributed by atoms with van der Waals surface area (Å²) in [5.41, 5.74) is 0.973. The van der Waals surface area contributed by atoms with Crippen molar-refractivity contribution in [3.05, 3.63) is 52.6 Å². The number of alkyl halides is 1. The monoisotopic (exact) mass is 297 g/mol. The molecule has 2 rings (SSSR count).